The average Bonchev–Trinajstić information content (AvgIpc) is 3.51. The smallest absolute Gasteiger partial charge is 0.338 e. The zero-order valence-electron chi connectivity index (χ0n) is 23.3. The Morgan fingerprint density at radius 1 is 1.15 bits per heavy atom. The van der Waals surface area contributed by atoms with Gasteiger partial charge in [-0.1, -0.05) is 68.5 Å². The van der Waals surface area contributed by atoms with E-state index in [0.717, 1.165) is 11.1 Å². The topological polar surface area (TPSA) is 117 Å². The summed E-state index contributed by atoms with van der Waals surface area (Å²) in [5.74, 6) is 0.150. The third kappa shape index (κ3) is 5.30. The number of thiazole rings is 1. The normalized spacial score (nSPS) is 15.4. The largest absolute Gasteiger partial charge is 0.463 e. The second kappa shape index (κ2) is 10.8. The van der Waals surface area contributed by atoms with Gasteiger partial charge in [0, 0.05) is 12.1 Å². The lowest BCUT2D eigenvalue weighted by molar-refractivity contribution is -0.384. The van der Waals surface area contributed by atoms with Gasteiger partial charge in [0.1, 0.15) is 11.5 Å². The Bertz CT molecular complexity index is 1870. The first kappa shape index (κ1) is 28.0. The second-order valence-electron chi connectivity index (χ2n) is 10.7. The lowest BCUT2D eigenvalue weighted by atomic mass is 9.85. The number of carbonyl (C=O) groups is 1. The molecule has 41 heavy (non-hydrogen) atoms. The van der Waals surface area contributed by atoms with Crippen LogP contribution in [0.15, 0.2) is 86.1 Å². The van der Waals surface area contributed by atoms with Gasteiger partial charge < -0.3 is 9.15 Å². The Morgan fingerprint density at radius 2 is 1.85 bits per heavy atom. The number of para-hydroxylation sites is 1. The van der Waals surface area contributed by atoms with Gasteiger partial charge in [0.25, 0.3) is 11.2 Å². The SMILES string of the molecule is CCOC(=O)C1=C(C)N=c2s/c(=C/c3ccc(-c4ccccc4[N+](=O)[O-])o3)c(=O)n2[C@@H]1c1ccc(C(C)(C)C)cc1. The molecule has 0 fully saturated rings. The quantitative estimate of drug-likeness (QED) is 0.177. The predicted molar refractivity (Wildman–Crippen MR) is 156 cm³/mol. The molecule has 0 spiro atoms. The van der Waals surface area contributed by atoms with Crippen LogP contribution in [0.4, 0.5) is 5.69 Å². The minimum atomic E-state index is -0.722. The van der Waals surface area contributed by atoms with Gasteiger partial charge >= 0.3 is 5.97 Å². The molecule has 0 saturated carbocycles. The Kier molecular flexibility index (Phi) is 7.35. The van der Waals surface area contributed by atoms with E-state index in [9.17, 15) is 19.7 Å². The predicted octanol–water partition coefficient (Wildman–Crippen LogP) is 5.26. The first-order chi connectivity index (χ1) is 19.5. The number of rotatable bonds is 6. The highest BCUT2D eigenvalue weighted by Crippen LogP contribution is 2.33. The van der Waals surface area contributed by atoms with Crippen LogP contribution >= 0.6 is 11.3 Å². The molecule has 1 atom stereocenters. The summed E-state index contributed by atoms with van der Waals surface area (Å²) in [5.41, 5.74) is 2.55. The first-order valence-corrected chi connectivity index (χ1v) is 13.9. The number of fused-ring (bicyclic) bond motifs is 1. The Hall–Kier alpha value is -4.57. The van der Waals surface area contributed by atoms with E-state index < -0.39 is 16.9 Å². The number of carbonyl (C=O) groups excluding carboxylic acids is 1. The third-order valence-corrected chi connectivity index (χ3v) is 7.86. The summed E-state index contributed by atoms with van der Waals surface area (Å²) in [6.07, 6.45) is 1.59. The first-order valence-electron chi connectivity index (χ1n) is 13.1. The van der Waals surface area contributed by atoms with Gasteiger partial charge in [-0.25, -0.2) is 9.79 Å². The van der Waals surface area contributed by atoms with Gasteiger partial charge in [-0.05, 0) is 48.6 Å². The molecule has 210 valence electrons. The minimum Gasteiger partial charge on any atom is -0.463 e. The highest BCUT2D eigenvalue weighted by atomic mass is 32.1. The fourth-order valence-corrected chi connectivity index (χ4v) is 5.84. The number of nitro benzene ring substituents is 1. The molecule has 1 aliphatic rings. The van der Waals surface area contributed by atoms with Crippen LogP contribution < -0.4 is 14.9 Å². The standard InChI is InChI=1S/C31H29N3O6S/c1-6-39-29(36)26-18(2)32-30-33(27(26)19-11-13-20(14-12-19)31(3,4)5)28(35)25(41-30)17-21-15-16-24(40-21)22-9-7-8-10-23(22)34(37)38/h7-17,27H,6H2,1-5H3/b25-17+/t27-/m1/s1. The van der Waals surface area contributed by atoms with E-state index in [1.807, 2.05) is 24.3 Å². The molecular formula is C31H29N3O6S. The monoisotopic (exact) mass is 571 g/mol. The number of aromatic nitrogens is 1. The van der Waals surface area contributed by atoms with Crippen molar-refractivity contribution in [1.29, 1.82) is 0 Å². The Morgan fingerprint density at radius 3 is 2.51 bits per heavy atom. The maximum Gasteiger partial charge on any atom is 0.338 e. The van der Waals surface area contributed by atoms with Crippen LogP contribution in [0.1, 0.15) is 57.5 Å². The van der Waals surface area contributed by atoms with E-state index in [-0.39, 0.29) is 23.3 Å². The molecular weight excluding hydrogens is 542 g/mol. The van der Waals surface area contributed by atoms with Crippen molar-refractivity contribution in [3.63, 3.8) is 0 Å². The zero-order valence-corrected chi connectivity index (χ0v) is 24.2. The van der Waals surface area contributed by atoms with Crippen molar-refractivity contribution in [3.05, 3.63) is 119 Å². The van der Waals surface area contributed by atoms with Crippen LogP contribution in [-0.4, -0.2) is 22.1 Å². The fraction of sp³-hybridized carbons (Fsp3) is 0.258. The van der Waals surface area contributed by atoms with Crippen LogP contribution in [0, 0.1) is 10.1 Å². The van der Waals surface area contributed by atoms with Crippen molar-refractivity contribution >= 4 is 29.1 Å². The molecule has 0 aliphatic carbocycles. The van der Waals surface area contributed by atoms with Gasteiger partial charge in [0.15, 0.2) is 4.80 Å². The number of furan rings is 1. The molecule has 4 aromatic rings. The molecule has 2 aromatic carbocycles. The van der Waals surface area contributed by atoms with E-state index in [4.69, 9.17) is 9.15 Å². The third-order valence-electron chi connectivity index (χ3n) is 6.88. The molecule has 0 saturated heterocycles. The number of allylic oxidation sites excluding steroid dienone is 1. The molecule has 3 heterocycles. The van der Waals surface area contributed by atoms with Crippen LogP contribution in [0.3, 0.4) is 0 Å². The Labute approximate surface area is 239 Å². The number of nitrogens with zero attached hydrogens (tertiary/aromatic N) is 3. The second-order valence-corrected chi connectivity index (χ2v) is 11.7. The van der Waals surface area contributed by atoms with Gasteiger partial charge in [-0.15, -0.1) is 0 Å². The molecule has 9 nitrogen and oxygen atoms in total. The summed E-state index contributed by atoms with van der Waals surface area (Å²) in [4.78, 5) is 43.0. The zero-order chi connectivity index (χ0) is 29.5. The number of benzene rings is 2. The summed E-state index contributed by atoms with van der Waals surface area (Å²) in [6.45, 7) is 10.0. The van der Waals surface area contributed by atoms with E-state index in [1.54, 1.807) is 50.3 Å². The van der Waals surface area contributed by atoms with Crippen molar-refractivity contribution in [2.45, 2.75) is 46.1 Å². The van der Waals surface area contributed by atoms with Crippen LogP contribution in [0.25, 0.3) is 17.4 Å². The van der Waals surface area contributed by atoms with Crippen LogP contribution in [-0.2, 0) is 14.9 Å². The summed E-state index contributed by atoms with van der Waals surface area (Å²) < 4.78 is 13.1. The van der Waals surface area contributed by atoms with Gasteiger partial charge in [0.05, 0.1) is 38.9 Å². The molecule has 0 radical (unpaired) electrons. The van der Waals surface area contributed by atoms with E-state index in [2.05, 4.69) is 25.8 Å². The number of nitro groups is 1. The highest BCUT2D eigenvalue weighted by molar-refractivity contribution is 7.07. The van der Waals surface area contributed by atoms with Crippen LogP contribution in [0.5, 0.6) is 0 Å². The molecule has 0 bridgehead atoms. The number of hydrogen-bond donors (Lipinski definition) is 0. The lowest BCUT2D eigenvalue weighted by Crippen LogP contribution is -2.40. The summed E-state index contributed by atoms with van der Waals surface area (Å²) in [7, 11) is 0. The minimum absolute atomic E-state index is 0.0647. The Balaban J connectivity index is 1.63. The van der Waals surface area contributed by atoms with Crippen molar-refractivity contribution in [2.24, 2.45) is 4.99 Å². The van der Waals surface area contributed by atoms with E-state index in [1.165, 1.54) is 22.0 Å². The number of ether oxygens (including phenoxy) is 1. The van der Waals surface area contributed by atoms with Crippen molar-refractivity contribution in [1.82, 2.24) is 4.57 Å². The molecule has 0 unspecified atom stereocenters. The molecule has 1 aliphatic heterocycles. The molecule has 2 aromatic heterocycles. The van der Waals surface area contributed by atoms with Crippen LogP contribution in [0.2, 0.25) is 0 Å². The average molecular weight is 572 g/mol. The van der Waals surface area contributed by atoms with Crippen molar-refractivity contribution < 1.29 is 18.9 Å². The summed E-state index contributed by atoms with van der Waals surface area (Å²) in [5, 5.41) is 11.5. The van der Waals surface area contributed by atoms with Gasteiger partial charge in [-0.2, -0.15) is 0 Å². The molecule has 5 rings (SSSR count). The van der Waals surface area contributed by atoms with E-state index in [0.29, 0.717) is 37.7 Å². The van der Waals surface area contributed by atoms with Gasteiger partial charge in [-0.3, -0.25) is 19.5 Å². The molecule has 0 N–H and O–H groups in total. The highest BCUT2D eigenvalue weighted by Gasteiger charge is 2.33. The maximum absolute atomic E-state index is 13.9. The fourth-order valence-electron chi connectivity index (χ4n) is 4.82. The molecule has 10 heteroatoms. The summed E-state index contributed by atoms with van der Waals surface area (Å²) >= 11 is 1.18. The number of hydrogen-bond acceptors (Lipinski definition) is 8. The van der Waals surface area contributed by atoms with E-state index >= 15 is 0 Å². The van der Waals surface area contributed by atoms with Gasteiger partial charge in [0.2, 0.25) is 0 Å². The number of esters is 1. The van der Waals surface area contributed by atoms with Crippen molar-refractivity contribution in [3.8, 4) is 11.3 Å². The molecule has 0 amide bonds. The maximum atomic E-state index is 13.9. The lowest BCUT2D eigenvalue weighted by Gasteiger charge is -2.26. The summed E-state index contributed by atoms with van der Waals surface area (Å²) in [6, 6.07) is 16.8. The van der Waals surface area contributed by atoms with Crippen molar-refractivity contribution in [2.75, 3.05) is 6.61 Å².